The van der Waals surface area contributed by atoms with Gasteiger partial charge in [-0.25, -0.2) is 5.43 Å². The summed E-state index contributed by atoms with van der Waals surface area (Å²) in [5.74, 6) is 6.67. The van der Waals surface area contributed by atoms with Crippen molar-refractivity contribution in [2.75, 3.05) is 6.61 Å². The molecule has 0 aliphatic carbocycles. The van der Waals surface area contributed by atoms with Gasteiger partial charge < -0.3 is 4.74 Å². The molecule has 106 valence electrons. The lowest BCUT2D eigenvalue weighted by Crippen LogP contribution is -2.29. The number of nitrogens with one attached hydrogen (secondary N) is 1. The molecule has 2 aromatic carbocycles. The number of nitrogens with two attached hydrogens (primary N) is 1. The summed E-state index contributed by atoms with van der Waals surface area (Å²) < 4.78 is 5.57. The molecule has 0 aliphatic rings. The van der Waals surface area contributed by atoms with Crippen LogP contribution in [-0.2, 0) is 6.42 Å². The molecule has 2 rings (SSSR count). The van der Waals surface area contributed by atoms with E-state index in [9.17, 15) is 0 Å². The van der Waals surface area contributed by atoms with E-state index in [2.05, 4.69) is 36.6 Å². The molecule has 0 saturated heterocycles. The number of hydrogen-bond donors (Lipinski definition) is 2. The van der Waals surface area contributed by atoms with Crippen LogP contribution in [-0.4, -0.2) is 6.61 Å². The van der Waals surface area contributed by atoms with Gasteiger partial charge in [0, 0.05) is 0 Å². The van der Waals surface area contributed by atoms with E-state index in [4.69, 9.17) is 10.6 Å². The van der Waals surface area contributed by atoms with Gasteiger partial charge in [-0.05, 0) is 42.2 Å². The normalized spacial score (nSPS) is 12.2. The van der Waals surface area contributed by atoms with E-state index >= 15 is 0 Å². The Labute approximate surface area is 120 Å². The number of rotatable bonds is 6. The Balaban J connectivity index is 2.39. The third-order valence-electron chi connectivity index (χ3n) is 3.42. The topological polar surface area (TPSA) is 47.3 Å². The molecule has 3 nitrogen and oxygen atoms in total. The summed E-state index contributed by atoms with van der Waals surface area (Å²) in [4.78, 5) is 0. The first kappa shape index (κ1) is 14.6. The molecule has 3 N–H and O–H groups in total. The fourth-order valence-corrected chi connectivity index (χ4v) is 2.45. The van der Waals surface area contributed by atoms with Crippen LogP contribution in [0.2, 0.25) is 0 Å². The molecule has 1 atom stereocenters. The van der Waals surface area contributed by atoms with Crippen molar-refractivity contribution in [2.45, 2.75) is 26.3 Å². The second-order valence-electron chi connectivity index (χ2n) is 4.66. The van der Waals surface area contributed by atoms with Gasteiger partial charge in [-0.3, -0.25) is 5.84 Å². The first-order valence-corrected chi connectivity index (χ1v) is 7.06. The minimum Gasteiger partial charge on any atom is -0.494 e. The van der Waals surface area contributed by atoms with E-state index in [1.165, 1.54) is 11.1 Å². The standard InChI is InChI=1S/C17H22N2O/c1-3-13-8-5-6-11-16(13)17(19-18)14-9-7-10-15(12-14)20-4-2/h5-12,17,19H,3-4,18H2,1-2H3. The molecule has 0 aliphatic heterocycles. The predicted molar refractivity (Wildman–Crippen MR) is 82.6 cm³/mol. The molecule has 0 fully saturated rings. The third kappa shape index (κ3) is 3.18. The van der Waals surface area contributed by atoms with E-state index in [0.29, 0.717) is 6.61 Å². The van der Waals surface area contributed by atoms with E-state index in [-0.39, 0.29) is 6.04 Å². The lowest BCUT2D eigenvalue weighted by atomic mass is 9.93. The molecule has 0 heterocycles. The maximum absolute atomic E-state index is 5.79. The molecule has 20 heavy (non-hydrogen) atoms. The van der Waals surface area contributed by atoms with Crippen molar-refractivity contribution in [3.63, 3.8) is 0 Å². The number of benzene rings is 2. The van der Waals surface area contributed by atoms with Crippen molar-refractivity contribution in [2.24, 2.45) is 5.84 Å². The summed E-state index contributed by atoms with van der Waals surface area (Å²) in [6.07, 6.45) is 0.986. The van der Waals surface area contributed by atoms with Crippen molar-refractivity contribution in [1.29, 1.82) is 0 Å². The Hall–Kier alpha value is -1.84. The summed E-state index contributed by atoms with van der Waals surface area (Å²) in [6, 6.07) is 16.4. The molecule has 0 bridgehead atoms. The fourth-order valence-electron chi connectivity index (χ4n) is 2.45. The Morgan fingerprint density at radius 3 is 2.60 bits per heavy atom. The zero-order valence-corrected chi connectivity index (χ0v) is 12.1. The Morgan fingerprint density at radius 2 is 1.90 bits per heavy atom. The number of aryl methyl sites for hydroxylation is 1. The van der Waals surface area contributed by atoms with Crippen LogP contribution >= 0.6 is 0 Å². The van der Waals surface area contributed by atoms with Crippen LogP contribution in [0.5, 0.6) is 5.75 Å². The molecule has 2 aromatic rings. The average molecular weight is 270 g/mol. The van der Waals surface area contributed by atoms with Crippen LogP contribution in [0.3, 0.4) is 0 Å². The minimum atomic E-state index is -0.0217. The van der Waals surface area contributed by atoms with Gasteiger partial charge in [-0.1, -0.05) is 43.3 Å². The largest absolute Gasteiger partial charge is 0.494 e. The Morgan fingerprint density at radius 1 is 1.10 bits per heavy atom. The monoisotopic (exact) mass is 270 g/mol. The SMILES string of the molecule is CCOc1cccc(C(NN)c2ccccc2CC)c1. The lowest BCUT2D eigenvalue weighted by Gasteiger charge is -2.20. The van der Waals surface area contributed by atoms with Crippen LogP contribution in [0.25, 0.3) is 0 Å². The van der Waals surface area contributed by atoms with E-state index in [1.54, 1.807) is 0 Å². The molecular weight excluding hydrogens is 248 g/mol. The smallest absolute Gasteiger partial charge is 0.119 e. The molecule has 0 amide bonds. The molecule has 0 radical (unpaired) electrons. The molecular formula is C17H22N2O. The average Bonchev–Trinajstić information content (AvgIpc) is 2.49. The summed E-state index contributed by atoms with van der Waals surface area (Å²) >= 11 is 0. The fraction of sp³-hybridized carbons (Fsp3) is 0.294. The molecule has 0 saturated carbocycles. The first-order chi connectivity index (χ1) is 9.80. The van der Waals surface area contributed by atoms with Gasteiger partial charge in [0.15, 0.2) is 0 Å². The quantitative estimate of drug-likeness (QED) is 0.626. The predicted octanol–water partition coefficient (Wildman–Crippen LogP) is 3.20. The Bertz CT molecular complexity index is 554. The number of hydrogen-bond acceptors (Lipinski definition) is 3. The zero-order valence-electron chi connectivity index (χ0n) is 12.1. The lowest BCUT2D eigenvalue weighted by molar-refractivity contribution is 0.339. The van der Waals surface area contributed by atoms with Crippen LogP contribution < -0.4 is 16.0 Å². The van der Waals surface area contributed by atoms with Gasteiger partial charge in [0.1, 0.15) is 5.75 Å². The second-order valence-corrected chi connectivity index (χ2v) is 4.66. The van der Waals surface area contributed by atoms with Crippen molar-refractivity contribution >= 4 is 0 Å². The van der Waals surface area contributed by atoms with Crippen molar-refractivity contribution in [3.8, 4) is 5.75 Å². The highest BCUT2D eigenvalue weighted by molar-refractivity contribution is 5.40. The van der Waals surface area contributed by atoms with Gasteiger partial charge in [0.05, 0.1) is 12.6 Å². The van der Waals surface area contributed by atoms with Crippen molar-refractivity contribution in [3.05, 3.63) is 65.2 Å². The number of ether oxygens (including phenoxy) is 1. The molecule has 0 aromatic heterocycles. The summed E-state index contributed by atoms with van der Waals surface area (Å²) in [6.45, 7) is 4.80. The highest BCUT2D eigenvalue weighted by atomic mass is 16.5. The maximum Gasteiger partial charge on any atom is 0.119 e. The zero-order chi connectivity index (χ0) is 14.4. The van der Waals surface area contributed by atoms with Crippen molar-refractivity contribution < 1.29 is 4.74 Å². The van der Waals surface area contributed by atoms with Crippen LogP contribution in [0.4, 0.5) is 0 Å². The van der Waals surface area contributed by atoms with Gasteiger partial charge in [0.25, 0.3) is 0 Å². The maximum atomic E-state index is 5.79. The third-order valence-corrected chi connectivity index (χ3v) is 3.42. The molecule has 3 heteroatoms. The first-order valence-electron chi connectivity index (χ1n) is 7.06. The van der Waals surface area contributed by atoms with E-state index in [0.717, 1.165) is 17.7 Å². The molecule has 1 unspecified atom stereocenters. The van der Waals surface area contributed by atoms with Crippen LogP contribution in [0.15, 0.2) is 48.5 Å². The minimum absolute atomic E-state index is 0.0217. The van der Waals surface area contributed by atoms with Crippen molar-refractivity contribution in [1.82, 2.24) is 5.43 Å². The van der Waals surface area contributed by atoms with Gasteiger partial charge in [-0.15, -0.1) is 0 Å². The summed E-state index contributed by atoms with van der Waals surface area (Å²) in [5.41, 5.74) is 6.55. The van der Waals surface area contributed by atoms with E-state index in [1.807, 2.05) is 31.2 Å². The van der Waals surface area contributed by atoms with Gasteiger partial charge in [-0.2, -0.15) is 0 Å². The van der Waals surface area contributed by atoms with Crippen LogP contribution in [0.1, 0.15) is 36.6 Å². The summed E-state index contributed by atoms with van der Waals surface area (Å²) in [5, 5.41) is 0. The molecule has 0 spiro atoms. The van der Waals surface area contributed by atoms with Crippen LogP contribution in [0, 0.1) is 0 Å². The highest BCUT2D eigenvalue weighted by Crippen LogP contribution is 2.27. The summed E-state index contributed by atoms with van der Waals surface area (Å²) in [7, 11) is 0. The van der Waals surface area contributed by atoms with Gasteiger partial charge in [0.2, 0.25) is 0 Å². The number of hydrazine groups is 1. The van der Waals surface area contributed by atoms with Gasteiger partial charge >= 0.3 is 0 Å². The Kier molecular flexibility index (Phi) is 5.16. The highest BCUT2D eigenvalue weighted by Gasteiger charge is 2.15. The van der Waals surface area contributed by atoms with E-state index < -0.39 is 0 Å². The second kappa shape index (κ2) is 7.08.